The van der Waals surface area contributed by atoms with E-state index in [4.69, 9.17) is 10.2 Å². The summed E-state index contributed by atoms with van der Waals surface area (Å²) in [5, 5.41) is 20.0. The van der Waals surface area contributed by atoms with E-state index in [0.29, 0.717) is 0 Å². The van der Waals surface area contributed by atoms with Crippen molar-refractivity contribution in [3.8, 4) is 0 Å². The minimum Gasteiger partial charge on any atom is -0.480 e. The average molecular weight is 287 g/mol. The summed E-state index contributed by atoms with van der Waals surface area (Å²) in [5.41, 5.74) is 0.926. The standard InChI is InChI=1S/C16H17NO4/c1-11(17(9-15(18)19)10-16(20)21)13-8-4-6-12-5-2-3-7-14(12)13/h2-8,11H,9-10H2,1H3,(H,18,19)(H,20,21). The van der Waals surface area contributed by atoms with Crippen molar-refractivity contribution in [1.29, 1.82) is 0 Å². The quantitative estimate of drug-likeness (QED) is 0.853. The molecule has 0 fully saturated rings. The van der Waals surface area contributed by atoms with Gasteiger partial charge in [-0.2, -0.15) is 0 Å². The summed E-state index contributed by atoms with van der Waals surface area (Å²) in [5.74, 6) is -2.08. The van der Waals surface area contributed by atoms with Crippen LogP contribution in [-0.2, 0) is 9.59 Å². The molecule has 1 unspecified atom stereocenters. The molecule has 0 spiro atoms. The summed E-state index contributed by atoms with van der Waals surface area (Å²) >= 11 is 0. The average Bonchev–Trinajstić information content (AvgIpc) is 2.44. The highest BCUT2D eigenvalue weighted by molar-refractivity contribution is 5.86. The molecule has 0 saturated carbocycles. The van der Waals surface area contributed by atoms with Crippen LogP contribution >= 0.6 is 0 Å². The van der Waals surface area contributed by atoms with Crippen molar-refractivity contribution < 1.29 is 19.8 Å². The van der Waals surface area contributed by atoms with Gasteiger partial charge < -0.3 is 10.2 Å². The first-order valence-corrected chi connectivity index (χ1v) is 6.64. The number of hydrogen-bond acceptors (Lipinski definition) is 3. The lowest BCUT2D eigenvalue weighted by molar-refractivity contribution is -0.142. The Balaban J connectivity index is 2.40. The predicted octanol–water partition coefficient (Wildman–Crippen LogP) is 2.37. The van der Waals surface area contributed by atoms with E-state index in [0.717, 1.165) is 16.3 Å². The van der Waals surface area contributed by atoms with Gasteiger partial charge in [0.25, 0.3) is 0 Å². The Kier molecular flexibility index (Phi) is 4.55. The molecule has 1 atom stereocenters. The minimum absolute atomic E-state index is 0.303. The largest absolute Gasteiger partial charge is 0.480 e. The fourth-order valence-corrected chi connectivity index (χ4v) is 2.49. The summed E-state index contributed by atoms with van der Waals surface area (Å²) in [6, 6.07) is 13.3. The summed E-state index contributed by atoms with van der Waals surface area (Å²) in [6.45, 7) is 1.21. The number of benzene rings is 2. The molecule has 0 aliphatic rings. The van der Waals surface area contributed by atoms with Gasteiger partial charge in [-0.05, 0) is 23.3 Å². The Morgan fingerprint density at radius 1 is 1.00 bits per heavy atom. The highest BCUT2D eigenvalue weighted by Gasteiger charge is 2.22. The molecule has 0 bridgehead atoms. The molecule has 21 heavy (non-hydrogen) atoms. The summed E-state index contributed by atoms with van der Waals surface area (Å²) in [6.07, 6.45) is 0. The normalized spacial score (nSPS) is 12.5. The molecule has 2 aromatic carbocycles. The van der Waals surface area contributed by atoms with Gasteiger partial charge in [-0.25, -0.2) is 0 Å². The number of rotatable bonds is 6. The first-order chi connectivity index (χ1) is 9.99. The molecule has 110 valence electrons. The van der Waals surface area contributed by atoms with Crippen LogP contribution in [-0.4, -0.2) is 40.1 Å². The number of hydrogen-bond donors (Lipinski definition) is 2. The third-order valence-electron chi connectivity index (χ3n) is 3.50. The minimum atomic E-state index is -1.04. The number of carboxylic acid groups (broad SMARTS) is 2. The van der Waals surface area contributed by atoms with E-state index in [1.54, 1.807) is 0 Å². The second-order valence-electron chi connectivity index (χ2n) is 4.94. The zero-order valence-electron chi connectivity index (χ0n) is 11.7. The molecular weight excluding hydrogens is 270 g/mol. The Morgan fingerprint density at radius 3 is 2.19 bits per heavy atom. The molecule has 0 saturated heterocycles. The van der Waals surface area contributed by atoms with Crippen LogP contribution < -0.4 is 0 Å². The van der Waals surface area contributed by atoms with Gasteiger partial charge in [0, 0.05) is 6.04 Å². The molecule has 5 nitrogen and oxygen atoms in total. The first kappa shape index (κ1) is 15.0. The van der Waals surface area contributed by atoms with Crippen molar-refractivity contribution in [2.24, 2.45) is 0 Å². The van der Waals surface area contributed by atoms with Crippen LogP contribution in [0.4, 0.5) is 0 Å². The Labute approximate surface area is 122 Å². The Bertz CT molecular complexity index is 647. The van der Waals surface area contributed by atoms with Gasteiger partial charge in [0.05, 0.1) is 13.1 Å². The topological polar surface area (TPSA) is 77.8 Å². The lowest BCUT2D eigenvalue weighted by Crippen LogP contribution is -2.36. The van der Waals surface area contributed by atoms with E-state index in [-0.39, 0.29) is 19.1 Å². The van der Waals surface area contributed by atoms with Crippen LogP contribution in [0.5, 0.6) is 0 Å². The number of carboxylic acids is 2. The molecule has 2 rings (SSSR count). The van der Waals surface area contributed by atoms with E-state index in [1.807, 2.05) is 49.4 Å². The second-order valence-corrected chi connectivity index (χ2v) is 4.94. The smallest absolute Gasteiger partial charge is 0.317 e. The van der Waals surface area contributed by atoms with Gasteiger partial charge in [-0.15, -0.1) is 0 Å². The molecular formula is C16H17NO4. The summed E-state index contributed by atoms with van der Waals surface area (Å²) in [4.78, 5) is 23.3. The third kappa shape index (κ3) is 3.58. The van der Waals surface area contributed by atoms with Gasteiger partial charge in [0.1, 0.15) is 0 Å². The Morgan fingerprint density at radius 2 is 1.57 bits per heavy atom. The van der Waals surface area contributed by atoms with E-state index in [9.17, 15) is 9.59 Å². The van der Waals surface area contributed by atoms with Crippen molar-refractivity contribution in [2.75, 3.05) is 13.1 Å². The molecule has 5 heteroatoms. The van der Waals surface area contributed by atoms with Gasteiger partial charge in [-0.3, -0.25) is 14.5 Å². The third-order valence-corrected chi connectivity index (χ3v) is 3.50. The van der Waals surface area contributed by atoms with Crippen molar-refractivity contribution >= 4 is 22.7 Å². The molecule has 0 aliphatic heterocycles. The summed E-state index contributed by atoms with van der Waals surface area (Å²) < 4.78 is 0. The Hall–Kier alpha value is -2.40. The van der Waals surface area contributed by atoms with Gasteiger partial charge in [0.2, 0.25) is 0 Å². The number of fused-ring (bicyclic) bond motifs is 1. The predicted molar refractivity (Wildman–Crippen MR) is 79.2 cm³/mol. The van der Waals surface area contributed by atoms with Crippen molar-refractivity contribution in [3.63, 3.8) is 0 Å². The number of aliphatic carboxylic acids is 2. The lowest BCUT2D eigenvalue weighted by Gasteiger charge is -2.27. The maximum absolute atomic E-state index is 11.0. The van der Waals surface area contributed by atoms with Crippen LogP contribution in [0.25, 0.3) is 10.8 Å². The zero-order chi connectivity index (χ0) is 15.4. The maximum Gasteiger partial charge on any atom is 0.317 e. The lowest BCUT2D eigenvalue weighted by atomic mass is 9.98. The highest BCUT2D eigenvalue weighted by atomic mass is 16.4. The van der Waals surface area contributed by atoms with Crippen molar-refractivity contribution in [1.82, 2.24) is 4.90 Å². The molecule has 2 aromatic rings. The van der Waals surface area contributed by atoms with Crippen molar-refractivity contribution in [3.05, 3.63) is 48.0 Å². The molecule has 2 N–H and O–H groups in total. The highest BCUT2D eigenvalue weighted by Crippen LogP contribution is 2.27. The number of nitrogens with zero attached hydrogens (tertiary/aromatic N) is 1. The molecule has 0 aliphatic carbocycles. The van der Waals surface area contributed by atoms with Crippen LogP contribution in [0.1, 0.15) is 18.5 Å². The fraction of sp³-hybridized carbons (Fsp3) is 0.250. The monoisotopic (exact) mass is 287 g/mol. The molecule has 0 heterocycles. The number of carbonyl (C=O) groups is 2. The van der Waals surface area contributed by atoms with E-state index >= 15 is 0 Å². The van der Waals surface area contributed by atoms with Gasteiger partial charge in [-0.1, -0.05) is 42.5 Å². The van der Waals surface area contributed by atoms with Crippen LogP contribution in [0, 0.1) is 0 Å². The molecule has 0 aromatic heterocycles. The fourth-order valence-electron chi connectivity index (χ4n) is 2.49. The molecule has 0 radical (unpaired) electrons. The van der Waals surface area contributed by atoms with Crippen molar-refractivity contribution in [2.45, 2.75) is 13.0 Å². The second kappa shape index (κ2) is 6.37. The van der Waals surface area contributed by atoms with E-state index < -0.39 is 11.9 Å². The SMILES string of the molecule is CC(c1cccc2ccccc12)N(CC(=O)O)CC(=O)O. The first-order valence-electron chi connectivity index (χ1n) is 6.64. The van der Waals surface area contributed by atoms with E-state index in [2.05, 4.69) is 0 Å². The maximum atomic E-state index is 11.0. The van der Waals surface area contributed by atoms with Gasteiger partial charge >= 0.3 is 11.9 Å². The van der Waals surface area contributed by atoms with Gasteiger partial charge in [0.15, 0.2) is 0 Å². The molecule has 0 amide bonds. The van der Waals surface area contributed by atoms with Crippen LogP contribution in [0.2, 0.25) is 0 Å². The van der Waals surface area contributed by atoms with Crippen LogP contribution in [0.15, 0.2) is 42.5 Å². The van der Waals surface area contributed by atoms with Crippen LogP contribution in [0.3, 0.4) is 0 Å². The zero-order valence-corrected chi connectivity index (χ0v) is 11.7. The summed E-state index contributed by atoms with van der Waals surface area (Å²) in [7, 11) is 0. The van der Waals surface area contributed by atoms with E-state index in [1.165, 1.54) is 4.90 Å².